The fourth-order valence-corrected chi connectivity index (χ4v) is 1.31. The molecule has 0 atom stereocenters. The van der Waals surface area contributed by atoms with Gasteiger partial charge in [0.1, 0.15) is 0 Å². The molecule has 0 N–H and O–H groups in total. The molecule has 2 aromatic rings. The highest BCUT2D eigenvalue weighted by Crippen LogP contribution is 2.16. The number of hydrogen-bond acceptors (Lipinski definition) is 1. The predicted molar refractivity (Wildman–Crippen MR) is 55.8 cm³/mol. The SMILES string of the molecule is [3H]c1cc(C(C)C)nc2ccccc12. The number of fused-ring (bicyclic) bond motifs is 1. The number of pyridine rings is 1. The lowest BCUT2D eigenvalue weighted by atomic mass is 10.1. The molecule has 1 heteroatoms. The fourth-order valence-electron chi connectivity index (χ4n) is 1.31. The van der Waals surface area contributed by atoms with Crippen molar-refractivity contribution in [3.63, 3.8) is 0 Å². The average Bonchev–Trinajstić information content (AvgIpc) is 2.17. The van der Waals surface area contributed by atoms with Gasteiger partial charge in [0.05, 0.1) is 6.89 Å². The molecule has 0 aliphatic carbocycles. The average molecular weight is 173 g/mol. The lowest BCUT2D eigenvalue weighted by molar-refractivity contribution is 0.830. The molecule has 0 aliphatic heterocycles. The van der Waals surface area contributed by atoms with Gasteiger partial charge in [0, 0.05) is 11.1 Å². The molecule has 0 spiro atoms. The Kier molecular flexibility index (Phi) is 1.73. The molecule has 0 aliphatic rings. The van der Waals surface area contributed by atoms with E-state index in [4.69, 9.17) is 1.37 Å². The van der Waals surface area contributed by atoms with E-state index in [1.807, 2.05) is 30.3 Å². The first-order chi connectivity index (χ1) is 6.68. The molecule has 1 heterocycles. The van der Waals surface area contributed by atoms with Crippen molar-refractivity contribution in [2.24, 2.45) is 0 Å². The van der Waals surface area contributed by atoms with Gasteiger partial charge >= 0.3 is 0 Å². The van der Waals surface area contributed by atoms with E-state index in [2.05, 4.69) is 18.8 Å². The Morgan fingerprint density at radius 3 is 2.77 bits per heavy atom. The van der Waals surface area contributed by atoms with E-state index in [1.54, 1.807) is 0 Å². The summed E-state index contributed by atoms with van der Waals surface area (Å²) in [6.07, 6.45) is 0. The van der Waals surface area contributed by atoms with E-state index in [0.29, 0.717) is 12.0 Å². The third-order valence-electron chi connectivity index (χ3n) is 2.12. The van der Waals surface area contributed by atoms with Crippen LogP contribution in [0.15, 0.2) is 36.4 Å². The topological polar surface area (TPSA) is 12.9 Å². The summed E-state index contributed by atoms with van der Waals surface area (Å²) in [7, 11) is 0. The molecule has 0 radical (unpaired) electrons. The van der Waals surface area contributed by atoms with Gasteiger partial charge < -0.3 is 0 Å². The minimum Gasteiger partial charge on any atom is -0.253 e. The number of para-hydroxylation sites is 1. The molecular formula is C12H13N. The van der Waals surface area contributed by atoms with Gasteiger partial charge in [-0.05, 0) is 18.1 Å². The van der Waals surface area contributed by atoms with Gasteiger partial charge in [-0.25, -0.2) is 0 Å². The third-order valence-corrected chi connectivity index (χ3v) is 2.12. The highest BCUT2D eigenvalue weighted by atomic mass is 14.7. The highest BCUT2D eigenvalue weighted by molar-refractivity contribution is 5.78. The zero-order valence-electron chi connectivity index (χ0n) is 8.91. The first kappa shape index (κ1) is 7.07. The smallest absolute Gasteiger partial charge is 0.0705 e. The summed E-state index contributed by atoms with van der Waals surface area (Å²) in [6.45, 7) is 4.19. The highest BCUT2D eigenvalue weighted by Gasteiger charge is 2.00. The van der Waals surface area contributed by atoms with Gasteiger partial charge in [-0.3, -0.25) is 4.98 Å². The molecule has 66 valence electrons. The molecule has 1 nitrogen and oxygen atoms in total. The van der Waals surface area contributed by atoms with E-state index in [0.717, 1.165) is 16.6 Å². The number of rotatable bonds is 1. The van der Waals surface area contributed by atoms with E-state index < -0.39 is 0 Å². The van der Waals surface area contributed by atoms with Crippen LogP contribution in [0.2, 0.25) is 0 Å². The number of benzene rings is 1. The first-order valence-corrected chi connectivity index (χ1v) is 4.55. The van der Waals surface area contributed by atoms with Crippen molar-refractivity contribution in [3.8, 4) is 0 Å². The predicted octanol–water partition coefficient (Wildman–Crippen LogP) is 3.36. The number of nitrogens with zero attached hydrogens (tertiary/aromatic N) is 1. The maximum Gasteiger partial charge on any atom is 0.0705 e. The molecular weight excluding hydrogens is 158 g/mol. The molecule has 1 aromatic heterocycles. The summed E-state index contributed by atoms with van der Waals surface area (Å²) >= 11 is 0. The second-order valence-electron chi connectivity index (χ2n) is 3.50. The summed E-state index contributed by atoms with van der Waals surface area (Å²) < 4.78 is 7.86. The Labute approximate surface area is 79.8 Å². The zero-order chi connectivity index (χ0) is 10.1. The van der Waals surface area contributed by atoms with Crippen LogP contribution in [-0.2, 0) is 0 Å². The van der Waals surface area contributed by atoms with Crippen molar-refractivity contribution in [3.05, 3.63) is 42.1 Å². The summed E-state index contributed by atoms with van der Waals surface area (Å²) in [6, 6.07) is 10.2. The summed E-state index contributed by atoms with van der Waals surface area (Å²) in [5, 5.41) is 0.928. The Balaban J connectivity index is 2.72. The molecule has 0 amide bonds. The second-order valence-corrected chi connectivity index (χ2v) is 3.50. The minimum absolute atomic E-state index is 0.378. The molecule has 2 rings (SSSR count). The van der Waals surface area contributed by atoms with Crippen LogP contribution in [0.1, 0.15) is 26.8 Å². The van der Waals surface area contributed by atoms with E-state index >= 15 is 0 Å². The van der Waals surface area contributed by atoms with Gasteiger partial charge in [-0.15, -0.1) is 0 Å². The van der Waals surface area contributed by atoms with Crippen LogP contribution < -0.4 is 0 Å². The van der Waals surface area contributed by atoms with Gasteiger partial charge in [0.15, 0.2) is 0 Å². The summed E-state index contributed by atoms with van der Waals surface area (Å²) in [5.74, 6) is 0.378. The van der Waals surface area contributed by atoms with Crippen LogP contribution in [0.25, 0.3) is 10.9 Å². The molecule has 13 heavy (non-hydrogen) atoms. The second kappa shape index (κ2) is 3.17. The van der Waals surface area contributed by atoms with Crippen LogP contribution in [-0.4, -0.2) is 4.98 Å². The maximum absolute atomic E-state index is 7.86. The summed E-state index contributed by atoms with van der Waals surface area (Å²) in [4.78, 5) is 4.52. The largest absolute Gasteiger partial charge is 0.253 e. The quantitative estimate of drug-likeness (QED) is 0.644. The Morgan fingerprint density at radius 2 is 2.00 bits per heavy atom. The van der Waals surface area contributed by atoms with E-state index in [9.17, 15) is 0 Å². The Morgan fingerprint density at radius 1 is 1.23 bits per heavy atom. The zero-order valence-corrected chi connectivity index (χ0v) is 7.91. The van der Waals surface area contributed by atoms with Crippen molar-refractivity contribution >= 4 is 10.9 Å². The first-order valence-electron chi connectivity index (χ1n) is 5.05. The van der Waals surface area contributed by atoms with Crippen molar-refractivity contribution in [2.45, 2.75) is 19.8 Å². The van der Waals surface area contributed by atoms with E-state index in [-0.39, 0.29) is 0 Å². The molecule has 0 unspecified atom stereocenters. The Hall–Kier alpha value is -1.37. The maximum atomic E-state index is 7.86. The number of aromatic nitrogens is 1. The molecule has 0 fully saturated rings. The van der Waals surface area contributed by atoms with Crippen LogP contribution in [0.4, 0.5) is 0 Å². The van der Waals surface area contributed by atoms with Gasteiger partial charge in [-0.1, -0.05) is 38.1 Å². The monoisotopic (exact) mass is 173 g/mol. The molecule has 1 aromatic carbocycles. The molecule has 0 saturated heterocycles. The molecule has 0 saturated carbocycles. The van der Waals surface area contributed by atoms with Gasteiger partial charge in [-0.2, -0.15) is 0 Å². The lowest BCUT2D eigenvalue weighted by Crippen LogP contribution is -1.91. The van der Waals surface area contributed by atoms with Crippen LogP contribution >= 0.6 is 0 Å². The van der Waals surface area contributed by atoms with Gasteiger partial charge in [0.25, 0.3) is 0 Å². The van der Waals surface area contributed by atoms with Crippen molar-refractivity contribution < 1.29 is 1.37 Å². The minimum atomic E-state index is 0.378. The lowest BCUT2D eigenvalue weighted by Gasteiger charge is -2.04. The summed E-state index contributed by atoms with van der Waals surface area (Å²) in [5.41, 5.74) is 1.91. The van der Waals surface area contributed by atoms with Gasteiger partial charge in [0.2, 0.25) is 0 Å². The van der Waals surface area contributed by atoms with Crippen LogP contribution in [0.3, 0.4) is 0 Å². The van der Waals surface area contributed by atoms with Crippen LogP contribution in [0, 0.1) is 0 Å². The van der Waals surface area contributed by atoms with Crippen LogP contribution in [0.5, 0.6) is 0 Å². The molecule has 0 bridgehead atoms. The third kappa shape index (κ3) is 1.55. The van der Waals surface area contributed by atoms with Crippen molar-refractivity contribution in [2.75, 3.05) is 0 Å². The van der Waals surface area contributed by atoms with Crippen molar-refractivity contribution in [1.29, 1.82) is 0 Å². The van der Waals surface area contributed by atoms with Crippen molar-refractivity contribution in [1.82, 2.24) is 4.98 Å². The Bertz CT molecular complexity index is 463. The number of hydrogen-bond donors (Lipinski definition) is 0. The standard InChI is InChI=1S/C12H13N/c1-9(2)11-8-7-10-5-3-4-6-12(10)13-11/h3-9H,1-2H3/i7T. The fraction of sp³-hybridized carbons (Fsp3) is 0.250. The van der Waals surface area contributed by atoms with E-state index in [1.165, 1.54) is 0 Å². The normalized spacial score (nSPS) is 12.1.